The van der Waals surface area contributed by atoms with Crippen LogP contribution in [0.5, 0.6) is 0 Å². The highest BCUT2D eigenvalue weighted by Gasteiger charge is 2.42. The molecular formula is C13H22N2O3. The number of nitrogens with zero attached hydrogens (tertiary/aromatic N) is 1. The maximum absolute atomic E-state index is 11.9. The molecule has 2 rings (SSSR count). The summed E-state index contributed by atoms with van der Waals surface area (Å²) >= 11 is 0. The summed E-state index contributed by atoms with van der Waals surface area (Å²) in [5, 5.41) is 2.88. The van der Waals surface area contributed by atoms with Crippen LogP contribution < -0.4 is 5.32 Å². The van der Waals surface area contributed by atoms with E-state index in [4.69, 9.17) is 4.74 Å². The average Bonchev–Trinajstić information content (AvgIpc) is 2.70. The largest absolute Gasteiger partial charge is 0.363 e. The van der Waals surface area contributed by atoms with Crippen LogP contribution in [0, 0.1) is 0 Å². The first-order chi connectivity index (χ1) is 8.49. The molecule has 0 unspecified atom stereocenters. The van der Waals surface area contributed by atoms with Crippen LogP contribution in [-0.4, -0.2) is 47.6 Å². The monoisotopic (exact) mass is 254 g/mol. The molecule has 5 heteroatoms. The Bertz CT molecular complexity index is 343. The molecule has 0 radical (unpaired) electrons. The first-order valence-corrected chi connectivity index (χ1v) is 6.72. The summed E-state index contributed by atoms with van der Waals surface area (Å²) in [6, 6.07) is 0.307. The van der Waals surface area contributed by atoms with Gasteiger partial charge in [-0.3, -0.25) is 9.59 Å². The molecule has 2 aliphatic rings. The van der Waals surface area contributed by atoms with Gasteiger partial charge in [-0.25, -0.2) is 0 Å². The normalized spacial score (nSPS) is 31.3. The first-order valence-electron chi connectivity index (χ1n) is 6.72. The number of nitrogens with one attached hydrogen (secondary N) is 1. The number of fused-ring (bicyclic) bond motifs is 1. The summed E-state index contributed by atoms with van der Waals surface area (Å²) in [7, 11) is 0. The van der Waals surface area contributed by atoms with Crippen molar-refractivity contribution >= 4 is 11.8 Å². The highest BCUT2D eigenvalue weighted by atomic mass is 16.5. The molecule has 0 aromatic heterocycles. The van der Waals surface area contributed by atoms with Crippen molar-refractivity contribution in [2.24, 2.45) is 0 Å². The van der Waals surface area contributed by atoms with E-state index in [0.717, 1.165) is 19.4 Å². The molecule has 0 saturated carbocycles. The molecule has 0 aliphatic carbocycles. The average molecular weight is 254 g/mol. The predicted molar refractivity (Wildman–Crippen MR) is 67.0 cm³/mol. The lowest BCUT2D eigenvalue weighted by atomic mass is 9.98. The molecule has 102 valence electrons. The zero-order valence-corrected chi connectivity index (χ0v) is 11.3. The van der Waals surface area contributed by atoms with Gasteiger partial charge in [0.25, 0.3) is 0 Å². The number of likely N-dealkylation sites (tertiary alicyclic amines) is 1. The molecule has 0 aromatic carbocycles. The quantitative estimate of drug-likeness (QED) is 0.788. The van der Waals surface area contributed by atoms with Crippen LogP contribution in [0.15, 0.2) is 0 Å². The highest BCUT2D eigenvalue weighted by molar-refractivity contribution is 5.81. The second-order valence-corrected chi connectivity index (χ2v) is 5.47. The van der Waals surface area contributed by atoms with Gasteiger partial charge < -0.3 is 15.0 Å². The molecule has 0 aromatic rings. The van der Waals surface area contributed by atoms with Crippen LogP contribution in [0.2, 0.25) is 0 Å². The van der Waals surface area contributed by atoms with E-state index in [1.165, 1.54) is 0 Å². The van der Waals surface area contributed by atoms with E-state index in [-0.39, 0.29) is 36.1 Å². The highest BCUT2D eigenvalue weighted by Crippen LogP contribution is 2.31. The molecule has 2 fully saturated rings. The Morgan fingerprint density at radius 1 is 1.28 bits per heavy atom. The minimum atomic E-state index is -0.347. The Balaban J connectivity index is 1.93. The van der Waals surface area contributed by atoms with Crippen LogP contribution in [0.25, 0.3) is 0 Å². The SMILES string of the molecule is CC(=O)N1CC[C@H]2O[C@@H](C(=O)NC(C)C)CC[C@H]21. The summed E-state index contributed by atoms with van der Waals surface area (Å²) in [4.78, 5) is 25.2. The van der Waals surface area contributed by atoms with Crippen molar-refractivity contribution in [2.45, 2.75) is 64.3 Å². The maximum Gasteiger partial charge on any atom is 0.249 e. The van der Waals surface area contributed by atoms with Crippen LogP contribution in [-0.2, 0) is 14.3 Å². The second kappa shape index (κ2) is 5.26. The molecule has 2 aliphatic heterocycles. The molecule has 0 bridgehead atoms. The number of carbonyl (C=O) groups is 2. The third kappa shape index (κ3) is 2.66. The molecule has 2 heterocycles. The molecule has 2 saturated heterocycles. The zero-order chi connectivity index (χ0) is 13.3. The topological polar surface area (TPSA) is 58.6 Å². The zero-order valence-electron chi connectivity index (χ0n) is 11.3. The van der Waals surface area contributed by atoms with Crippen LogP contribution in [0.3, 0.4) is 0 Å². The van der Waals surface area contributed by atoms with Crippen molar-refractivity contribution < 1.29 is 14.3 Å². The van der Waals surface area contributed by atoms with E-state index in [1.54, 1.807) is 6.92 Å². The molecular weight excluding hydrogens is 232 g/mol. The van der Waals surface area contributed by atoms with Crippen LogP contribution >= 0.6 is 0 Å². The smallest absolute Gasteiger partial charge is 0.249 e. The molecule has 0 spiro atoms. The van der Waals surface area contributed by atoms with Gasteiger partial charge in [-0.05, 0) is 33.1 Å². The minimum absolute atomic E-state index is 0.0234. The minimum Gasteiger partial charge on any atom is -0.363 e. The number of hydrogen-bond donors (Lipinski definition) is 1. The fourth-order valence-electron chi connectivity index (χ4n) is 2.89. The van der Waals surface area contributed by atoms with Crippen molar-refractivity contribution in [1.82, 2.24) is 10.2 Å². The maximum atomic E-state index is 11.9. The Morgan fingerprint density at radius 3 is 2.61 bits per heavy atom. The van der Waals surface area contributed by atoms with E-state index >= 15 is 0 Å². The van der Waals surface area contributed by atoms with Crippen molar-refractivity contribution in [3.63, 3.8) is 0 Å². The fourth-order valence-corrected chi connectivity index (χ4v) is 2.89. The van der Waals surface area contributed by atoms with E-state index in [9.17, 15) is 9.59 Å². The fraction of sp³-hybridized carbons (Fsp3) is 0.846. The summed E-state index contributed by atoms with van der Waals surface area (Å²) < 4.78 is 5.85. The van der Waals surface area contributed by atoms with Crippen molar-refractivity contribution in [2.75, 3.05) is 6.54 Å². The third-order valence-electron chi connectivity index (χ3n) is 3.68. The Labute approximate surface area is 108 Å². The molecule has 1 N–H and O–H groups in total. The third-order valence-corrected chi connectivity index (χ3v) is 3.68. The van der Waals surface area contributed by atoms with Crippen LogP contribution in [0.1, 0.15) is 40.0 Å². The van der Waals surface area contributed by atoms with Gasteiger partial charge in [0, 0.05) is 19.5 Å². The lowest BCUT2D eigenvalue weighted by molar-refractivity contribution is -0.146. The van der Waals surface area contributed by atoms with Gasteiger partial charge in [0.1, 0.15) is 6.10 Å². The first kappa shape index (κ1) is 13.3. The van der Waals surface area contributed by atoms with Gasteiger partial charge >= 0.3 is 0 Å². The van der Waals surface area contributed by atoms with Gasteiger partial charge in [0.05, 0.1) is 12.1 Å². The number of ether oxygens (including phenoxy) is 1. The Morgan fingerprint density at radius 2 is 2.00 bits per heavy atom. The standard InChI is InChI=1S/C13H22N2O3/c1-8(2)14-13(17)12-5-4-10-11(18-12)6-7-15(10)9(3)16/h8,10-12H,4-7H2,1-3H3,(H,14,17)/t10-,11-,12-/m1/s1. The molecule has 5 nitrogen and oxygen atoms in total. The number of hydrogen-bond acceptors (Lipinski definition) is 3. The molecule has 2 amide bonds. The summed E-state index contributed by atoms with van der Waals surface area (Å²) in [6.45, 7) is 6.23. The molecule has 18 heavy (non-hydrogen) atoms. The summed E-state index contributed by atoms with van der Waals surface area (Å²) in [5.41, 5.74) is 0. The van der Waals surface area contributed by atoms with E-state index in [2.05, 4.69) is 5.32 Å². The van der Waals surface area contributed by atoms with E-state index in [1.807, 2.05) is 18.7 Å². The van der Waals surface area contributed by atoms with Gasteiger partial charge in [-0.15, -0.1) is 0 Å². The van der Waals surface area contributed by atoms with Gasteiger partial charge in [-0.2, -0.15) is 0 Å². The van der Waals surface area contributed by atoms with Crippen molar-refractivity contribution in [1.29, 1.82) is 0 Å². The Hall–Kier alpha value is -1.10. The predicted octanol–water partition coefficient (Wildman–Crippen LogP) is 0.679. The number of amides is 2. The van der Waals surface area contributed by atoms with Gasteiger partial charge in [0.15, 0.2) is 0 Å². The lowest BCUT2D eigenvalue weighted by Gasteiger charge is -2.35. The number of rotatable bonds is 2. The van der Waals surface area contributed by atoms with E-state index < -0.39 is 0 Å². The molecule has 3 atom stereocenters. The van der Waals surface area contributed by atoms with Gasteiger partial charge in [-0.1, -0.05) is 0 Å². The van der Waals surface area contributed by atoms with Gasteiger partial charge in [0.2, 0.25) is 11.8 Å². The van der Waals surface area contributed by atoms with E-state index in [0.29, 0.717) is 6.42 Å². The van der Waals surface area contributed by atoms with Crippen molar-refractivity contribution in [3.8, 4) is 0 Å². The van der Waals surface area contributed by atoms with Crippen molar-refractivity contribution in [3.05, 3.63) is 0 Å². The summed E-state index contributed by atoms with van der Waals surface area (Å²) in [5.74, 6) is 0.0842. The second-order valence-electron chi connectivity index (χ2n) is 5.47. The summed E-state index contributed by atoms with van der Waals surface area (Å²) in [6.07, 6.45) is 2.09. The lowest BCUT2D eigenvalue weighted by Crippen LogP contribution is -2.49. The number of carbonyl (C=O) groups excluding carboxylic acids is 2. The Kier molecular flexibility index (Phi) is 3.90. The van der Waals surface area contributed by atoms with Crippen LogP contribution in [0.4, 0.5) is 0 Å².